The van der Waals surface area contributed by atoms with Gasteiger partial charge in [0.05, 0.1) is 4.47 Å². The lowest BCUT2D eigenvalue weighted by atomic mass is 9.66. The van der Waals surface area contributed by atoms with E-state index in [0.717, 1.165) is 23.9 Å². The molecule has 1 aliphatic carbocycles. The van der Waals surface area contributed by atoms with E-state index in [-0.39, 0.29) is 11.2 Å². The van der Waals surface area contributed by atoms with Crippen LogP contribution in [0.1, 0.15) is 31.2 Å². The zero-order valence-corrected chi connectivity index (χ0v) is 12.6. The Morgan fingerprint density at radius 2 is 2.21 bits per heavy atom. The van der Waals surface area contributed by atoms with Gasteiger partial charge in [-0.25, -0.2) is 0 Å². The highest BCUT2D eigenvalue weighted by atomic mass is 79.9. The van der Waals surface area contributed by atoms with Crippen LogP contribution in [0.4, 0.5) is 0 Å². The van der Waals surface area contributed by atoms with Crippen LogP contribution >= 0.6 is 15.9 Å². The number of phenols is 1. The van der Waals surface area contributed by atoms with E-state index >= 15 is 0 Å². The monoisotopic (exact) mass is 323 g/mol. The van der Waals surface area contributed by atoms with Gasteiger partial charge < -0.3 is 10.0 Å². The number of carbonyl (C=O) groups is 1. The van der Waals surface area contributed by atoms with Gasteiger partial charge in [0.2, 0.25) is 0 Å². The molecule has 1 aromatic carbocycles. The number of phenolic OH excluding ortho intramolecular Hbond substituents is 1. The normalized spacial score (nSPS) is 31.5. The van der Waals surface area contributed by atoms with Crippen molar-refractivity contribution in [3.63, 3.8) is 0 Å². The van der Waals surface area contributed by atoms with E-state index in [9.17, 15) is 9.90 Å². The lowest BCUT2D eigenvalue weighted by molar-refractivity contribution is -0.122. The molecule has 1 saturated heterocycles. The van der Waals surface area contributed by atoms with Crippen molar-refractivity contribution in [1.82, 2.24) is 4.90 Å². The van der Waals surface area contributed by atoms with Crippen LogP contribution in [0, 0.1) is 0 Å². The summed E-state index contributed by atoms with van der Waals surface area (Å²) in [6, 6.07) is 6.10. The van der Waals surface area contributed by atoms with Crippen LogP contribution in [0.5, 0.6) is 5.75 Å². The summed E-state index contributed by atoms with van der Waals surface area (Å²) < 4.78 is 0.740. The number of halogens is 1. The minimum absolute atomic E-state index is 0.0822. The Morgan fingerprint density at radius 1 is 1.42 bits per heavy atom. The number of nitrogens with zero attached hydrogens (tertiary/aromatic N) is 1. The lowest BCUT2D eigenvalue weighted by Gasteiger charge is -2.41. The summed E-state index contributed by atoms with van der Waals surface area (Å²) in [7, 11) is 2.11. The number of fused-ring (bicyclic) bond motifs is 1. The summed E-state index contributed by atoms with van der Waals surface area (Å²) >= 11 is 3.40. The van der Waals surface area contributed by atoms with E-state index in [0.29, 0.717) is 24.7 Å². The molecule has 0 spiro atoms. The van der Waals surface area contributed by atoms with Crippen molar-refractivity contribution in [3.05, 3.63) is 28.2 Å². The van der Waals surface area contributed by atoms with Gasteiger partial charge >= 0.3 is 0 Å². The number of carbonyl (C=O) groups excluding carboxylic acids is 1. The highest BCUT2D eigenvalue weighted by molar-refractivity contribution is 9.10. The molecule has 1 N–H and O–H groups in total. The van der Waals surface area contributed by atoms with Gasteiger partial charge in [0.25, 0.3) is 0 Å². The molecule has 19 heavy (non-hydrogen) atoms. The SMILES string of the molecule is CN1CC[C@]2(c3ccc(O)c(Br)c3)CCC(=O)C[C@H]12. The molecular formula is C15H18BrNO2. The van der Waals surface area contributed by atoms with Gasteiger partial charge in [-0.05, 0) is 60.1 Å². The third-order valence-corrected chi connectivity index (χ3v) is 5.51. The van der Waals surface area contributed by atoms with Crippen LogP contribution in [0.2, 0.25) is 0 Å². The number of rotatable bonds is 1. The van der Waals surface area contributed by atoms with Crippen molar-refractivity contribution >= 4 is 21.7 Å². The first-order valence-electron chi connectivity index (χ1n) is 6.74. The predicted octanol–water partition coefficient (Wildman–Crippen LogP) is 2.85. The Balaban J connectivity index is 2.04. The van der Waals surface area contributed by atoms with Crippen molar-refractivity contribution in [2.24, 2.45) is 0 Å². The summed E-state index contributed by atoms with van der Waals surface area (Å²) in [6.45, 7) is 1.04. The molecule has 2 fully saturated rings. The standard InChI is InChI=1S/C15H18BrNO2/c1-17-7-6-15(5-4-11(18)9-14(15)17)10-2-3-13(19)12(16)8-10/h2-3,8,14,19H,4-7,9H2,1H3/t14-,15-/m0/s1. The average Bonchev–Trinajstić information content (AvgIpc) is 2.72. The topological polar surface area (TPSA) is 40.5 Å². The molecule has 2 aliphatic rings. The number of hydrogen-bond donors (Lipinski definition) is 1. The van der Waals surface area contributed by atoms with Crippen LogP contribution in [0.15, 0.2) is 22.7 Å². The second-order valence-electron chi connectivity index (χ2n) is 5.81. The Morgan fingerprint density at radius 3 is 2.95 bits per heavy atom. The summed E-state index contributed by atoms with van der Waals surface area (Å²) in [5.74, 6) is 0.655. The van der Waals surface area contributed by atoms with Crippen molar-refractivity contribution in [2.45, 2.75) is 37.1 Å². The maximum absolute atomic E-state index is 11.8. The fourth-order valence-electron chi connectivity index (χ4n) is 3.74. The maximum atomic E-state index is 11.8. The van der Waals surface area contributed by atoms with Gasteiger partial charge in [-0.15, -0.1) is 0 Å². The van der Waals surface area contributed by atoms with E-state index in [4.69, 9.17) is 0 Å². The second-order valence-corrected chi connectivity index (χ2v) is 6.67. The van der Waals surface area contributed by atoms with Crippen LogP contribution in [0.3, 0.4) is 0 Å². The Bertz CT molecular complexity index is 531. The van der Waals surface area contributed by atoms with Crippen LogP contribution in [-0.4, -0.2) is 35.4 Å². The molecule has 1 heterocycles. The highest BCUT2D eigenvalue weighted by Crippen LogP contribution is 2.48. The zero-order chi connectivity index (χ0) is 13.6. The van der Waals surface area contributed by atoms with Crippen molar-refractivity contribution in [1.29, 1.82) is 0 Å². The van der Waals surface area contributed by atoms with Gasteiger partial charge in [-0.3, -0.25) is 4.79 Å². The molecule has 3 nitrogen and oxygen atoms in total. The maximum Gasteiger partial charge on any atom is 0.134 e. The Labute approximate surface area is 121 Å². The number of ketones is 1. The first-order chi connectivity index (χ1) is 9.03. The summed E-state index contributed by atoms with van der Waals surface area (Å²) in [6.07, 6.45) is 3.37. The molecule has 0 unspecified atom stereocenters. The lowest BCUT2D eigenvalue weighted by Crippen LogP contribution is -2.46. The molecule has 1 aliphatic heterocycles. The smallest absolute Gasteiger partial charge is 0.134 e. The molecule has 0 aromatic heterocycles. The fourth-order valence-corrected chi connectivity index (χ4v) is 4.12. The quantitative estimate of drug-likeness (QED) is 0.864. The highest BCUT2D eigenvalue weighted by Gasteiger charge is 2.50. The minimum atomic E-state index is 0.0822. The van der Waals surface area contributed by atoms with E-state index in [1.165, 1.54) is 5.56 Å². The second kappa shape index (κ2) is 4.60. The van der Waals surface area contributed by atoms with Gasteiger partial charge in [0.15, 0.2) is 0 Å². The molecular weight excluding hydrogens is 306 g/mol. The average molecular weight is 324 g/mol. The minimum Gasteiger partial charge on any atom is -0.507 e. The predicted molar refractivity (Wildman–Crippen MR) is 77.4 cm³/mol. The summed E-state index contributed by atoms with van der Waals surface area (Å²) in [4.78, 5) is 14.1. The third kappa shape index (κ3) is 2.01. The molecule has 102 valence electrons. The number of aromatic hydroxyl groups is 1. The van der Waals surface area contributed by atoms with E-state index < -0.39 is 0 Å². The molecule has 0 radical (unpaired) electrons. The van der Waals surface area contributed by atoms with E-state index in [1.54, 1.807) is 6.07 Å². The number of benzene rings is 1. The van der Waals surface area contributed by atoms with Gasteiger partial charge in [-0.2, -0.15) is 0 Å². The molecule has 2 atom stereocenters. The Kier molecular flexibility index (Phi) is 3.18. The number of likely N-dealkylation sites (N-methyl/N-ethyl adjacent to an activating group) is 1. The van der Waals surface area contributed by atoms with E-state index in [1.807, 2.05) is 12.1 Å². The Hall–Kier alpha value is -0.870. The summed E-state index contributed by atoms with van der Waals surface area (Å²) in [5, 5.41) is 9.66. The van der Waals surface area contributed by atoms with Crippen LogP contribution in [0.25, 0.3) is 0 Å². The van der Waals surface area contributed by atoms with E-state index in [2.05, 4.69) is 27.9 Å². The first-order valence-corrected chi connectivity index (χ1v) is 7.53. The van der Waals surface area contributed by atoms with Crippen molar-refractivity contribution in [2.75, 3.05) is 13.6 Å². The first kappa shape index (κ1) is 13.1. The van der Waals surface area contributed by atoms with Gasteiger partial charge in [-0.1, -0.05) is 6.07 Å². The molecule has 0 bridgehead atoms. The van der Waals surface area contributed by atoms with Crippen LogP contribution in [-0.2, 0) is 10.2 Å². The number of likely N-dealkylation sites (tertiary alicyclic amines) is 1. The van der Waals surface area contributed by atoms with Crippen molar-refractivity contribution in [3.8, 4) is 5.75 Å². The third-order valence-electron chi connectivity index (χ3n) is 4.87. The summed E-state index contributed by atoms with van der Waals surface area (Å²) in [5.41, 5.74) is 1.33. The number of Topliss-reactive ketones (excluding diaryl/α,β-unsaturated/α-hetero) is 1. The largest absolute Gasteiger partial charge is 0.507 e. The number of hydrogen-bond acceptors (Lipinski definition) is 3. The molecule has 1 saturated carbocycles. The van der Waals surface area contributed by atoms with Gasteiger partial charge in [0.1, 0.15) is 11.5 Å². The molecule has 4 heteroatoms. The van der Waals surface area contributed by atoms with Gasteiger partial charge in [0, 0.05) is 24.3 Å². The zero-order valence-electron chi connectivity index (χ0n) is 11.0. The fraction of sp³-hybridized carbons (Fsp3) is 0.533. The molecule has 1 aromatic rings. The van der Waals surface area contributed by atoms with Crippen molar-refractivity contribution < 1.29 is 9.90 Å². The van der Waals surface area contributed by atoms with Crippen LogP contribution < -0.4 is 0 Å². The molecule has 3 rings (SSSR count). The molecule has 0 amide bonds.